The smallest absolute Gasteiger partial charge is 0.296 e. The van der Waals surface area contributed by atoms with Gasteiger partial charge >= 0.3 is 0 Å². The lowest BCUT2D eigenvalue weighted by Crippen LogP contribution is -2.42. The Morgan fingerprint density at radius 2 is 2.00 bits per heavy atom. The zero-order chi connectivity index (χ0) is 14.3. The number of aromatic nitrogens is 3. The minimum atomic E-state index is -0.618. The summed E-state index contributed by atoms with van der Waals surface area (Å²) < 4.78 is 6.83. The molecule has 0 radical (unpaired) electrons. The average molecular weight is 273 g/mol. The van der Waals surface area contributed by atoms with Crippen molar-refractivity contribution in [1.82, 2.24) is 20.2 Å². The molecule has 0 saturated heterocycles. The average Bonchev–Trinajstić information content (AvgIpc) is 2.78. The molecule has 0 fully saturated rings. The van der Waals surface area contributed by atoms with Gasteiger partial charge in [0.1, 0.15) is 11.4 Å². The maximum atomic E-state index is 11.5. The predicted molar refractivity (Wildman–Crippen MR) is 73.5 cm³/mol. The fourth-order valence-electron chi connectivity index (χ4n) is 2.20. The summed E-state index contributed by atoms with van der Waals surface area (Å²) in [7, 11) is 1.63. The van der Waals surface area contributed by atoms with E-state index in [1.165, 1.54) is 0 Å². The van der Waals surface area contributed by atoms with Crippen LogP contribution in [0, 0.1) is 6.92 Å². The second kappa shape index (κ2) is 4.31. The van der Waals surface area contributed by atoms with Crippen LogP contribution in [0.4, 0.5) is 5.95 Å². The summed E-state index contributed by atoms with van der Waals surface area (Å²) in [5, 5.41) is 4.31. The van der Waals surface area contributed by atoms with Gasteiger partial charge in [0.2, 0.25) is 5.95 Å². The molecule has 7 nitrogen and oxygen atoms in total. The molecule has 1 aliphatic heterocycles. The van der Waals surface area contributed by atoms with Gasteiger partial charge in [0.15, 0.2) is 5.66 Å². The van der Waals surface area contributed by atoms with E-state index in [-0.39, 0.29) is 5.56 Å². The number of rotatable bonds is 2. The van der Waals surface area contributed by atoms with Crippen LogP contribution in [0.15, 0.2) is 29.1 Å². The van der Waals surface area contributed by atoms with Gasteiger partial charge in [-0.05, 0) is 31.5 Å². The number of benzene rings is 1. The van der Waals surface area contributed by atoms with E-state index in [9.17, 15) is 4.79 Å². The first-order valence-corrected chi connectivity index (χ1v) is 6.21. The molecule has 0 aliphatic carbocycles. The van der Waals surface area contributed by atoms with Crippen molar-refractivity contribution in [2.75, 3.05) is 12.5 Å². The SMILES string of the molecule is COc1ccc(C2(C)NNc3nc(=O)c(C)nn32)cc1. The topological polar surface area (TPSA) is 81.1 Å². The van der Waals surface area contributed by atoms with E-state index in [2.05, 4.69) is 20.9 Å². The van der Waals surface area contributed by atoms with Crippen LogP contribution in [0.2, 0.25) is 0 Å². The van der Waals surface area contributed by atoms with E-state index >= 15 is 0 Å². The minimum absolute atomic E-state index is 0.329. The monoisotopic (exact) mass is 273 g/mol. The maximum Gasteiger partial charge on any atom is 0.296 e. The molecule has 1 aliphatic rings. The first kappa shape index (κ1) is 12.6. The molecule has 20 heavy (non-hydrogen) atoms. The Balaban J connectivity index is 2.11. The van der Waals surface area contributed by atoms with Crippen LogP contribution in [0.3, 0.4) is 0 Å². The lowest BCUT2D eigenvalue weighted by atomic mass is 10.0. The van der Waals surface area contributed by atoms with E-state index in [1.807, 2.05) is 31.2 Å². The molecule has 0 saturated carbocycles. The standard InChI is InChI=1S/C13H15N5O2/c1-8-11(19)14-12-15-17-13(2,18(12)16-8)9-4-6-10(20-3)7-5-9/h4-7,17H,1-3H3,(H,14,15,19). The molecule has 2 heterocycles. The van der Waals surface area contributed by atoms with Gasteiger partial charge in [0, 0.05) is 0 Å². The molecule has 104 valence electrons. The molecule has 0 bridgehead atoms. The molecule has 7 heteroatoms. The number of aryl methyl sites for hydroxylation is 1. The van der Waals surface area contributed by atoms with Crippen molar-refractivity contribution in [3.63, 3.8) is 0 Å². The van der Waals surface area contributed by atoms with Gasteiger partial charge in [-0.2, -0.15) is 10.1 Å². The molecule has 2 N–H and O–H groups in total. The third kappa shape index (κ3) is 1.75. The minimum Gasteiger partial charge on any atom is -0.497 e. The van der Waals surface area contributed by atoms with Crippen LogP contribution in [-0.4, -0.2) is 21.9 Å². The Hall–Kier alpha value is -2.41. The number of hydrazine groups is 1. The summed E-state index contributed by atoms with van der Waals surface area (Å²) in [5.41, 5.74) is 6.40. The Kier molecular flexibility index (Phi) is 2.72. The first-order valence-electron chi connectivity index (χ1n) is 6.21. The van der Waals surface area contributed by atoms with E-state index in [0.29, 0.717) is 11.6 Å². The van der Waals surface area contributed by atoms with Crippen LogP contribution in [-0.2, 0) is 5.66 Å². The molecule has 0 spiro atoms. The molecular weight excluding hydrogens is 258 g/mol. The molecule has 3 rings (SSSR count). The van der Waals surface area contributed by atoms with E-state index in [0.717, 1.165) is 11.3 Å². The number of nitrogens with zero attached hydrogens (tertiary/aromatic N) is 3. The molecule has 2 aromatic rings. The van der Waals surface area contributed by atoms with Crippen molar-refractivity contribution < 1.29 is 4.74 Å². The van der Waals surface area contributed by atoms with Crippen molar-refractivity contribution >= 4 is 5.95 Å². The zero-order valence-corrected chi connectivity index (χ0v) is 11.5. The maximum absolute atomic E-state index is 11.5. The van der Waals surface area contributed by atoms with Crippen LogP contribution in [0.1, 0.15) is 18.2 Å². The summed E-state index contributed by atoms with van der Waals surface area (Å²) in [6, 6.07) is 7.64. The van der Waals surface area contributed by atoms with Gasteiger partial charge in [-0.3, -0.25) is 10.2 Å². The highest BCUT2D eigenvalue weighted by Crippen LogP contribution is 2.29. The van der Waals surface area contributed by atoms with Gasteiger partial charge in [-0.25, -0.2) is 10.1 Å². The van der Waals surface area contributed by atoms with Crippen molar-refractivity contribution in [3.05, 3.63) is 45.9 Å². The second-order valence-electron chi connectivity index (χ2n) is 4.79. The quantitative estimate of drug-likeness (QED) is 0.834. The highest BCUT2D eigenvalue weighted by molar-refractivity contribution is 5.38. The normalized spacial score (nSPS) is 20.4. The summed E-state index contributed by atoms with van der Waals surface area (Å²) in [4.78, 5) is 15.5. The van der Waals surface area contributed by atoms with E-state index < -0.39 is 5.66 Å². The highest BCUT2D eigenvalue weighted by Gasteiger charge is 2.37. The molecule has 1 atom stereocenters. The number of hydrogen-bond donors (Lipinski definition) is 2. The van der Waals surface area contributed by atoms with Crippen molar-refractivity contribution in [1.29, 1.82) is 0 Å². The summed E-state index contributed by atoms with van der Waals surface area (Å²) in [5.74, 6) is 1.18. The van der Waals surface area contributed by atoms with Crippen LogP contribution >= 0.6 is 0 Å². The third-order valence-electron chi connectivity index (χ3n) is 3.46. The summed E-state index contributed by atoms with van der Waals surface area (Å²) in [6.45, 7) is 3.60. The summed E-state index contributed by atoms with van der Waals surface area (Å²) >= 11 is 0. The van der Waals surface area contributed by atoms with Gasteiger partial charge in [-0.1, -0.05) is 12.1 Å². The Morgan fingerprint density at radius 1 is 1.30 bits per heavy atom. The van der Waals surface area contributed by atoms with E-state index in [4.69, 9.17) is 4.74 Å². The molecule has 0 amide bonds. The fraction of sp³-hybridized carbons (Fsp3) is 0.308. The van der Waals surface area contributed by atoms with Gasteiger partial charge in [0.25, 0.3) is 5.56 Å². The second-order valence-corrected chi connectivity index (χ2v) is 4.79. The highest BCUT2D eigenvalue weighted by atomic mass is 16.5. The lowest BCUT2D eigenvalue weighted by Gasteiger charge is -2.25. The fourth-order valence-corrected chi connectivity index (χ4v) is 2.20. The first-order chi connectivity index (χ1) is 9.54. The molecule has 1 unspecified atom stereocenters. The van der Waals surface area contributed by atoms with Crippen LogP contribution in [0.25, 0.3) is 0 Å². The largest absolute Gasteiger partial charge is 0.497 e. The Labute approximate surface area is 115 Å². The third-order valence-corrected chi connectivity index (χ3v) is 3.46. The molecule has 1 aromatic heterocycles. The number of nitrogens with one attached hydrogen (secondary N) is 2. The Morgan fingerprint density at radius 3 is 2.65 bits per heavy atom. The predicted octanol–water partition coefficient (Wildman–Crippen LogP) is 0.606. The van der Waals surface area contributed by atoms with Gasteiger partial charge in [0.05, 0.1) is 7.11 Å². The van der Waals surface area contributed by atoms with E-state index in [1.54, 1.807) is 18.7 Å². The lowest BCUT2D eigenvalue weighted by molar-refractivity contribution is 0.332. The van der Waals surface area contributed by atoms with Gasteiger partial charge < -0.3 is 4.74 Å². The number of fused-ring (bicyclic) bond motifs is 1. The molecule has 1 aromatic carbocycles. The van der Waals surface area contributed by atoms with Crippen LogP contribution in [0.5, 0.6) is 5.75 Å². The van der Waals surface area contributed by atoms with Crippen molar-refractivity contribution in [2.24, 2.45) is 0 Å². The van der Waals surface area contributed by atoms with Crippen molar-refractivity contribution in [2.45, 2.75) is 19.5 Å². The van der Waals surface area contributed by atoms with Gasteiger partial charge in [-0.15, -0.1) is 0 Å². The summed E-state index contributed by atoms with van der Waals surface area (Å²) in [6.07, 6.45) is 0. The number of methoxy groups -OCH3 is 1. The van der Waals surface area contributed by atoms with Crippen molar-refractivity contribution in [3.8, 4) is 5.75 Å². The number of hydrogen-bond acceptors (Lipinski definition) is 6. The zero-order valence-electron chi connectivity index (χ0n) is 11.5. The Bertz CT molecular complexity index is 710. The molecular formula is C13H15N5O2. The van der Waals surface area contributed by atoms with Crippen LogP contribution < -0.4 is 21.1 Å². The number of ether oxygens (including phenoxy) is 1. The number of anilines is 1.